The van der Waals surface area contributed by atoms with Crippen LogP contribution in [-0.4, -0.2) is 25.8 Å². The van der Waals surface area contributed by atoms with Gasteiger partial charge in [-0.05, 0) is 61.6 Å². The van der Waals surface area contributed by atoms with E-state index in [4.69, 9.17) is 4.74 Å². The van der Waals surface area contributed by atoms with Gasteiger partial charge in [0.2, 0.25) is 10.0 Å². The zero-order chi connectivity index (χ0) is 22.2. The van der Waals surface area contributed by atoms with E-state index >= 15 is 0 Å². The molecule has 0 saturated heterocycles. The predicted octanol–water partition coefficient (Wildman–Crippen LogP) is 4.67. The maximum absolute atomic E-state index is 11.7. The largest absolute Gasteiger partial charge is 0.490 e. The molecule has 4 rings (SSSR count). The summed E-state index contributed by atoms with van der Waals surface area (Å²) in [5.74, 6) is 0.573. The summed E-state index contributed by atoms with van der Waals surface area (Å²) in [7, 11) is -3.27. The van der Waals surface area contributed by atoms with Gasteiger partial charge in [0.1, 0.15) is 16.8 Å². The molecule has 0 saturated carbocycles. The Labute approximate surface area is 186 Å². The molecule has 0 spiro atoms. The maximum atomic E-state index is 11.7. The minimum atomic E-state index is -3.27. The van der Waals surface area contributed by atoms with Crippen molar-refractivity contribution in [3.8, 4) is 32.8 Å². The molecule has 1 aromatic heterocycles. The molecule has 0 unspecified atom stereocenters. The van der Waals surface area contributed by atoms with E-state index in [0.717, 1.165) is 45.0 Å². The van der Waals surface area contributed by atoms with Crippen LogP contribution in [0.15, 0.2) is 42.6 Å². The number of rotatable bonds is 6. The number of nitriles is 1. The number of nitrogens with zero attached hydrogens (tertiary/aromatic N) is 2. The molecule has 1 heterocycles. The second-order valence-corrected chi connectivity index (χ2v) is 10.7. The molecule has 0 amide bonds. The first-order valence-electron chi connectivity index (χ1n) is 10.0. The van der Waals surface area contributed by atoms with Gasteiger partial charge in [0, 0.05) is 17.8 Å². The molecular formula is C23H23N3O3S2. The van der Waals surface area contributed by atoms with Crippen LogP contribution in [0.3, 0.4) is 0 Å². The van der Waals surface area contributed by atoms with Gasteiger partial charge < -0.3 is 4.74 Å². The van der Waals surface area contributed by atoms with Crippen molar-refractivity contribution in [2.75, 3.05) is 6.26 Å². The summed E-state index contributed by atoms with van der Waals surface area (Å²) in [4.78, 5) is 5.61. The molecule has 2 aromatic carbocycles. The molecule has 0 aliphatic heterocycles. The van der Waals surface area contributed by atoms with Gasteiger partial charge in [0.05, 0.1) is 22.8 Å². The summed E-state index contributed by atoms with van der Waals surface area (Å²) in [6.45, 7) is 3.85. The first kappa shape index (κ1) is 21.5. The van der Waals surface area contributed by atoms with Crippen molar-refractivity contribution in [1.29, 1.82) is 5.26 Å². The molecule has 1 N–H and O–H groups in total. The van der Waals surface area contributed by atoms with E-state index in [0.29, 0.717) is 11.3 Å². The molecule has 3 aromatic rings. The van der Waals surface area contributed by atoms with Crippen molar-refractivity contribution < 1.29 is 13.2 Å². The van der Waals surface area contributed by atoms with E-state index in [1.165, 1.54) is 6.26 Å². The number of hydrogen-bond acceptors (Lipinski definition) is 6. The van der Waals surface area contributed by atoms with Gasteiger partial charge in [0.15, 0.2) is 0 Å². The molecule has 0 bridgehead atoms. The highest BCUT2D eigenvalue weighted by atomic mass is 32.2. The Morgan fingerprint density at radius 3 is 2.81 bits per heavy atom. The molecule has 1 aliphatic rings. The normalized spacial score (nSPS) is 15.6. The summed E-state index contributed by atoms with van der Waals surface area (Å²) >= 11 is 1.56. The van der Waals surface area contributed by atoms with Crippen LogP contribution in [0.1, 0.15) is 43.0 Å². The molecule has 0 fully saturated rings. The summed E-state index contributed by atoms with van der Waals surface area (Å²) < 4.78 is 31.8. The van der Waals surface area contributed by atoms with Gasteiger partial charge in [0.25, 0.3) is 0 Å². The highest BCUT2D eigenvalue weighted by Crippen LogP contribution is 2.41. The standard InChI is InChI=1S/C23H23N3O3S2/c1-14(2)29-21-10-7-15(11-16(21)12-24)23-25-13-22(30-23)19-6-4-5-18-17(19)8-9-20(18)26-31(3,27)28/h4-7,10-11,13-14,20,26H,8-9H2,1-3H3/t20-/m0/s1. The van der Waals surface area contributed by atoms with Crippen LogP contribution in [0, 0.1) is 11.3 Å². The van der Waals surface area contributed by atoms with Crippen LogP contribution in [0.25, 0.3) is 21.0 Å². The number of nitrogens with one attached hydrogen (secondary N) is 1. The SMILES string of the molecule is CC(C)Oc1ccc(-c2ncc(-c3cccc4c3CC[C@@H]4NS(C)(=O)=O)s2)cc1C#N. The van der Waals surface area contributed by atoms with Crippen LogP contribution in [0.2, 0.25) is 0 Å². The Morgan fingerprint density at radius 1 is 1.29 bits per heavy atom. The zero-order valence-corrected chi connectivity index (χ0v) is 19.2. The van der Waals surface area contributed by atoms with Crippen molar-refractivity contribution in [3.63, 3.8) is 0 Å². The van der Waals surface area contributed by atoms with Gasteiger partial charge in [-0.15, -0.1) is 11.3 Å². The van der Waals surface area contributed by atoms with E-state index in [2.05, 4.69) is 21.8 Å². The first-order chi connectivity index (χ1) is 14.7. The van der Waals surface area contributed by atoms with E-state index in [9.17, 15) is 13.7 Å². The fraction of sp³-hybridized carbons (Fsp3) is 0.304. The third-order valence-electron chi connectivity index (χ3n) is 5.11. The quantitative estimate of drug-likeness (QED) is 0.585. The Morgan fingerprint density at radius 2 is 2.10 bits per heavy atom. The van der Waals surface area contributed by atoms with Crippen molar-refractivity contribution in [2.45, 2.75) is 38.8 Å². The Hall–Kier alpha value is -2.73. The fourth-order valence-corrected chi connectivity index (χ4v) is 5.63. The Kier molecular flexibility index (Phi) is 5.84. The number of sulfonamides is 1. The minimum Gasteiger partial charge on any atom is -0.490 e. The van der Waals surface area contributed by atoms with E-state index in [-0.39, 0.29) is 12.1 Å². The zero-order valence-electron chi connectivity index (χ0n) is 17.5. The highest BCUT2D eigenvalue weighted by Gasteiger charge is 2.27. The number of ether oxygens (including phenoxy) is 1. The average Bonchev–Trinajstić information content (AvgIpc) is 3.34. The lowest BCUT2D eigenvalue weighted by molar-refractivity contribution is 0.242. The molecule has 8 heteroatoms. The number of benzene rings is 2. The second-order valence-electron chi connectivity index (χ2n) is 7.87. The van der Waals surface area contributed by atoms with Crippen LogP contribution < -0.4 is 9.46 Å². The molecule has 6 nitrogen and oxygen atoms in total. The smallest absolute Gasteiger partial charge is 0.209 e. The second kappa shape index (κ2) is 8.42. The van der Waals surface area contributed by atoms with E-state index < -0.39 is 10.0 Å². The molecular weight excluding hydrogens is 430 g/mol. The number of thiazole rings is 1. The molecule has 160 valence electrons. The van der Waals surface area contributed by atoms with Gasteiger partial charge >= 0.3 is 0 Å². The van der Waals surface area contributed by atoms with E-state index in [1.54, 1.807) is 11.3 Å². The molecule has 1 atom stereocenters. The molecule has 0 radical (unpaired) electrons. The molecule has 31 heavy (non-hydrogen) atoms. The number of hydrogen-bond donors (Lipinski definition) is 1. The summed E-state index contributed by atoms with van der Waals surface area (Å²) in [5.41, 5.74) is 4.63. The van der Waals surface area contributed by atoms with Crippen LogP contribution in [0.5, 0.6) is 5.75 Å². The summed E-state index contributed by atoms with van der Waals surface area (Å²) in [6.07, 6.45) is 4.58. The minimum absolute atomic E-state index is 0.00870. The van der Waals surface area contributed by atoms with Gasteiger partial charge in [-0.2, -0.15) is 5.26 Å². The van der Waals surface area contributed by atoms with Crippen molar-refractivity contribution in [2.24, 2.45) is 0 Å². The topological polar surface area (TPSA) is 92.1 Å². The van der Waals surface area contributed by atoms with Crippen molar-refractivity contribution in [3.05, 3.63) is 59.3 Å². The lowest BCUT2D eigenvalue weighted by atomic mass is 10.0. The number of fused-ring (bicyclic) bond motifs is 1. The Bertz CT molecular complexity index is 1270. The highest BCUT2D eigenvalue weighted by molar-refractivity contribution is 7.88. The van der Waals surface area contributed by atoms with Crippen LogP contribution >= 0.6 is 11.3 Å². The fourth-order valence-electron chi connectivity index (χ4n) is 3.91. The number of aromatic nitrogens is 1. The lowest BCUT2D eigenvalue weighted by Crippen LogP contribution is -2.25. The Balaban J connectivity index is 1.66. The third kappa shape index (κ3) is 4.64. The summed E-state index contributed by atoms with van der Waals surface area (Å²) in [6, 6.07) is 13.6. The molecule has 1 aliphatic carbocycles. The van der Waals surface area contributed by atoms with E-state index in [1.807, 2.05) is 50.4 Å². The van der Waals surface area contributed by atoms with Crippen molar-refractivity contribution in [1.82, 2.24) is 9.71 Å². The van der Waals surface area contributed by atoms with Gasteiger partial charge in [-0.1, -0.05) is 18.2 Å². The van der Waals surface area contributed by atoms with Crippen LogP contribution in [0.4, 0.5) is 0 Å². The van der Waals surface area contributed by atoms with Crippen LogP contribution in [-0.2, 0) is 16.4 Å². The van der Waals surface area contributed by atoms with Gasteiger partial charge in [-0.25, -0.2) is 18.1 Å². The summed E-state index contributed by atoms with van der Waals surface area (Å²) in [5, 5.41) is 10.3. The first-order valence-corrected chi connectivity index (χ1v) is 12.7. The maximum Gasteiger partial charge on any atom is 0.209 e. The lowest BCUT2D eigenvalue weighted by Gasteiger charge is -2.13. The van der Waals surface area contributed by atoms with Crippen molar-refractivity contribution >= 4 is 21.4 Å². The van der Waals surface area contributed by atoms with Gasteiger partial charge in [-0.3, -0.25) is 0 Å². The third-order valence-corrected chi connectivity index (χ3v) is 6.90. The predicted molar refractivity (Wildman–Crippen MR) is 123 cm³/mol. The monoisotopic (exact) mass is 453 g/mol. The average molecular weight is 454 g/mol.